The summed E-state index contributed by atoms with van der Waals surface area (Å²) < 4.78 is 0. The van der Waals surface area contributed by atoms with Gasteiger partial charge in [-0.25, -0.2) is 0 Å². The summed E-state index contributed by atoms with van der Waals surface area (Å²) in [6.45, 7) is 8.46. The predicted molar refractivity (Wildman–Crippen MR) is 187 cm³/mol. The van der Waals surface area contributed by atoms with Crippen LogP contribution in [0.3, 0.4) is 0 Å². The molecule has 0 atom stereocenters. The maximum atomic E-state index is 5.19. The molecule has 5 nitrogen and oxygen atoms in total. The van der Waals surface area contributed by atoms with Crippen molar-refractivity contribution in [1.82, 2.24) is 15.0 Å². The average molecular weight is 586 g/mol. The van der Waals surface area contributed by atoms with Gasteiger partial charge in [0.25, 0.3) is 0 Å². The molecule has 45 heavy (non-hydrogen) atoms. The molecule has 0 unspecified atom stereocenters. The number of aromatic nitrogens is 3. The second kappa shape index (κ2) is 11.8. The van der Waals surface area contributed by atoms with Crippen LogP contribution in [-0.2, 0) is 0 Å². The van der Waals surface area contributed by atoms with Gasteiger partial charge in [-0.1, -0.05) is 89.0 Å². The van der Waals surface area contributed by atoms with Crippen LogP contribution in [0.5, 0.6) is 0 Å². The third kappa shape index (κ3) is 5.56. The SMILES string of the molecule is Cc1ccc(N(c2ccc(C)cc2)c2ccc(N(c3ccc(C)cc3)c3ccc(C)cc3)c3nn(-c4ccccc4)nc23)cc1. The minimum absolute atomic E-state index is 0.807. The molecule has 220 valence electrons. The highest BCUT2D eigenvalue weighted by Crippen LogP contribution is 2.44. The summed E-state index contributed by atoms with van der Waals surface area (Å²) in [5, 5.41) is 10.4. The van der Waals surface area contributed by atoms with E-state index in [9.17, 15) is 0 Å². The molecule has 7 rings (SSSR count). The molecular formula is C40H35N5. The number of aryl methyl sites for hydroxylation is 4. The number of hydrogen-bond donors (Lipinski definition) is 0. The molecule has 0 saturated carbocycles. The molecule has 0 aliphatic rings. The zero-order chi connectivity index (χ0) is 30.9. The molecule has 0 spiro atoms. The minimum Gasteiger partial charge on any atom is -0.308 e. The van der Waals surface area contributed by atoms with Crippen molar-refractivity contribution >= 4 is 45.2 Å². The molecule has 0 amide bonds. The zero-order valence-electron chi connectivity index (χ0n) is 26.0. The molecule has 0 bridgehead atoms. The van der Waals surface area contributed by atoms with E-state index in [0.29, 0.717) is 0 Å². The Morgan fingerprint density at radius 3 is 1.00 bits per heavy atom. The first kappa shape index (κ1) is 28.1. The first-order chi connectivity index (χ1) is 21.9. The van der Waals surface area contributed by atoms with Gasteiger partial charge in [0, 0.05) is 22.7 Å². The van der Waals surface area contributed by atoms with E-state index in [1.165, 1.54) is 22.3 Å². The normalized spacial score (nSPS) is 11.1. The Morgan fingerprint density at radius 2 is 0.689 bits per heavy atom. The van der Waals surface area contributed by atoms with Crippen LogP contribution in [0.15, 0.2) is 140 Å². The molecule has 1 aromatic heterocycles. The molecule has 5 heteroatoms. The molecule has 0 aliphatic heterocycles. The van der Waals surface area contributed by atoms with Crippen LogP contribution in [-0.4, -0.2) is 15.0 Å². The smallest absolute Gasteiger partial charge is 0.139 e. The van der Waals surface area contributed by atoms with E-state index in [2.05, 4.69) is 147 Å². The van der Waals surface area contributed by atoms with Gasteiger partial charge >= 0.3 is 0 Å². The summed E-state index contributed by atoms with van der Waals surface area (Å²) in [5.41, 5.74) is 13.5. The highest BCUT2D eigenvalue weighted by Gasteiger charge is 2.24. The molecular weight excluding hydrogens is 550 g/mol. The summed E-state index contributed by atoms with van der Waals surface area (Å²) >= 11 is 0. The van der Waals surface area contributed by atoms with E-state index in [-0.39, 0.29) is 0 Å². The molecule has 0 fully saturated rings. The number of benzene rings is 6. The second-order valence-electron chi connectivity index (χ2n) is 11.6. The van der Waals surface area contributed by atoms with Crippen molar-refractivity contribution in [3.63, 3.8) is 0 Å². The van der Waals surface area contributed by atoms with Crippen LogP contribution in [0.25, 0.3) is 16.7 Å². The van der Waals surface area contributed by atoms with Crippen LogP contribution in [0.2, 0.25) is 0 Å². The van der Waals surface area contributed by atoms with Gasteiger partial charge in [-0.05, 0) is 100 Å². The summed E-state index contributed by atoms with van der Waals surface area (Å²) in [6, 6.07) is 49.0. The largest absolute Gasteiger partial charge is 0.308 e. The van der Waals surface area contributed by atoms with Crippen molar-refractivity contribution in [2.75, 3.05) is 9.80 Å². The van der Waals surface area contributed by atoms with Crippen LogP contribution in [0.1, 0.15) is 22.3 Å². The lowest BCUT2D eigenvalue weighted by molar-refractivity contribution is 0.765. The Kier molecular flexibility index (Phi) is 7.36. The summed E-state index contributed by atoms with van der Waals surface area (Å²) in [5.74, 6) is 0. The first-order valence-electron chi connectivity index (χ1n) is 15.3. The Hall–Kier alpha value is -5.68. The number of fused-ring (bicyclic) bond motifs is 1. The van der Waals surface area contributed by atoms with E-state index < -0.39 is 0 Å². The molecule has 1 heterocycles. The number of anilines is 6. The van der Waals surface area contributed by atoms with Crippen molar-refractivity contribution in [2.24, 2.45) is 0 Å². The molecule has 0 radical (unpaired) electrons. The molecule has 0 aliphatic carbocycles. The Morgan fingerprint density at radius 1 is 0.378 bits per heavy atom. The zero-order valence-corrected chi connectivity index (χ0v) is 26.0. The van der Waals surface area contributed by atoms with Gasteiger partial charge in [0.15, 0.2) is 0 Å². The third-order valence-corrected chi connectivity index (χ3v) is 8.14. The van der Waals surface area contributed by atoms with Gasteiger partial charge in [0.05, 0.1) is 17.1 Å². The van der Waals surface area contributed by atoms with E-state index in [4.69, 9.17) is 10.2 Å². The fourth-order valence-corrected chi connectivity index (χ4v) is 5.63. The highest BCUT2D eigenvalue weighted by molar-refractivity contribution is 6.03. The van der Waals surface area contributed by atoms with Crippen LogP contribution < -0.4 is 9.80 Å². The quantitative estimate of drug-likeness (QED) is 0.186. The Labute approximate surface area is 264 Å². The number of rotatable bonds is 7. The summed E-state index contributed by atoms with van der Waals surface area (Å²) in [7, 11) is 0. The summed E-state index contributed by atoms with van der Waals surface area (Å²) in [4.78, 5) is 6.30. The highest BCUT2D eigenvalue weighted by atomic mass is 15.5. The van der Waals surface area contributed by atoms with Gasteiger partial charge in [-0.3, -0.25) is 0 Å². The van der Waals surface area contributed by atoms with Crippen molar-refractivity contribution in [3.8, 4) is 5.69 Å². The topological polar surface area (TPSA) is 37.2 Å². The Balaban J connectivity index is 1.51. The lowest BCUT2D eigenvalue weighted by Gasteiger charge is -2.29. The van der Waals surface area contributed by atoms with Crippen molar-refractivity contribution in [1.29, 1.82) is 0 Å². The van der Waals surface area contributed by atoms with Gasteiger partial charge < -0.3 is 9.80 Å². The molecule has 6 aromatic carbocycles. The minimum atomic E-state index is 0.807. The first-order valence-corrected chi connectivity index (χ1v) is 15.3. The third-order valence-electron chi connectivity index (χ3n) is 8.14. The van der Waals surface area contributed by atoms with E-state index in [1.54, 1.807) is 4.80 Å². The maximum Gasteiger partial charge on any atom is 0.139 e. The van der Waals surface area contributed by atoms with E-state index >= 15 is 0 Å². The van der Waals surface area contributed by atoms with Crippen LogP contribution >= 0.6 is 0 Å². The van der Waals surface area contributed by atoms with Gasteiger partial charge in [0.1, 0.15) is 11.0 Å². The summed E-state index contributed by atoms with van der Waals surface area (Å²) in [6.07, 6.45) is 0. The van der Waals surface area contributed by atoms with Crippen molar-refractivity contribution < 1.29 is 0 Å². The predicted octanol–water partition coefficient (Wildman–Crippen LogP) is 10.6. The van der Waals surface area contributed by atoms with Gasteiger partial charge in [-0.2, -0.15) is 4.80 Å². The van der Waals surface area contributed by atoms with Gasteiger partial charge in [0.2, 0.25) is 0 Å². The fraction of sp³-hybridized carbons (Fsp3) is 0.100. The van der Waals surface area contributed by atoms with E-state index in [1.807, 2.05) is 30.3 Å². The second-order valence-corrected chi connectivity index (χ2v) is 11.6. The van der Waals surface area contributed by atoms with E-state index in [0.717, 1.165) is 50.8 Å². The lowest BCUT2D eigenvalue weighted by atomic mass is 10.1. The number of nitrogens with zero attached hydrogens (tertiary/aromatic N) is 5. The maximum absolute atomic E-state index is 5.19. The van der Waals surface area contributed by atoms with Crippen LogP contribution in [0.4, 0.5) is 34.1 Å². The lowest BCUT2D eigenvalue weighted by Crippen LogP contribution is -2.13. The van der Waals surface area contributed by atoms with Crippen LogP contribution in [0, 0.1) is 27.7 Å². The average Bonchev–Trinajstić information content (AvgIpc) is 3.52. The fourth-order valence-electron chi connectivity index (χ4n) is 5.63. The van der Waals surface area contributed by atoms with Gasteiger partial charge in [-0.15, -0.1) is 10.2 Å². The number of para-hydroxylation sites is 1. The monoisotopic (exact) mass is 585 g/mol. The molecule has 0 N–H and O–H groups in total. The standard InChI is InChI=1S/C40H35N5/c1-28-10-18-32(19-11-28)43(33-20-12-29(2)13-21-33)37-26-27-38(40-39(37)41-45(42-40)36-8-6-5-7-9-36)44(34-22-14-30(3)15-23-34)35-24-16-31(4)17-25-35/h5-27H,1-4H3. The molecule has 0 saturated heterocycles. The molecule has 7 aromatic rings. The number of hydrogen-bond acceptors (Lipinski definition) is 4. The van der Waals surface area contributed by atoms with Crippen molar-refractivity contribution in [2.45, 2.75) is 27.7 Å². The Bertz CT molecular complexity index is 1840. The van der Waals surface area contributed by atoms with Crippen molar-refractivity contribution in [3.05, 3.63) is 162 Å².